The number of ether oxygens (including phenoxy) is 1. The summed E-state index contributed by atoms with van der Waals surface area (Å²) in [5, 5.41) is 8.51. The second kappa shape index (κ2) is 8.74. The Balaban J connectivity index is 2.09. The molecular weight excluding hydrogens is 362 g/mol. The van der Waals surface area contributed by atoms with Gasteiger partial charge >= 0.3 is 5.69 Å². The Labute approximate surface area is 150 Å². The Kier molecular flexibility index (Phi) is 6.66. The zero-order valence-electron chi connectivity index (χ0n) is 14.4. The average molecular weight is 383 g/mol. The Morgan fingerprint density at radius 1 is 1.38 bits per heavy atom. The van der Waals surface area contributed by atoms with Crippen LogP contribution in [0.15, 0.2) is 34.0 Å². The topological polar surface area (TPSA) is 146 Å². The second-order valence-corrected chi connectivity index (χ2v) is 7.10. The van der Waals surface area contributed by atoms with Crippen LogP contribution in [0.2, 0.25) is 0 Å². The number of sulfonamides is 1. The van der Waals surface area contributed by atoms with Gasteiger partial charge in [-0.25, -0.2) is 23.0 Å². The lowest BCUT2D eigenvalue weighted by molar-refractivity contribution is 0.0922. The minimum Gasteiger partial charge on any atom is -0.380 e. The van der Waals surface area contributed by atoms with E-state index in [1.54, 1.807) is 0 Å². The number of aromatic nitrogens is 3. The van der Waals surface area contributed by atoms with Gasteiger partial charge in [0.25, 0.3) is 5.91 Å². The molecule has 1 aromatic heterocycles. The molecular formula is C15H21N5O5S. The van der Waals surface area contributed by atoms with E-state index in [0.717, 1.165) is 0 Å². The third-order valence-corrected chi connectivity index (χ3v) is 4.94. The Morgan fingerprint density at radius 2 is 2.15 bits per heavy atom. The number of benzene rings is 1. The number of carbonyl (C=O) groups is 1. The molecule has 1 atom stereocenters. The maximum Gasteiger partial charge on any atom is 0.340 e. The van der Waals surface area contributed by atoms with Gasteiger partial charge in [-0.2, -0.15) is 5.10 Å². The van der Waals surface area contributed by atoms with Gasteiger partial charge in [0.15, 0.2) is 0 Å². The van der Waals surface area contributed by atoms with Gasteiger partial charge in [-0.05, 0) is 32.0 Å². The van der Waals surface area contributed by atoms with E-state index in [9.17, 15) is 18.0 Å². The molecule has 0 saturated heterocycles. The molecule has 10 nitrogen and oxygen atoms in total. The summed E-state index contributed by atoms with van der Waals surface area (Å²) >= 11 is 0. The molecule has 26 heavy (non-hydrogen) atoms. The first kappa shape index (κ1) is 19.8. The van der Waals surface area contributed by atoms with E-state index in [2.05, 4.69) is 25.2 Å². The van der Waals surface area contributed by atoms with Gasteiger partial charge in [-0.15, -0.1) is 0 Å². The fourth-order valence-corrected chi connectivity index (χ4v) is 3.39. The molecule has 1 aromatic carbocycles. The van der Waals surface area contributed by atoms with Crippen LogP contribution in [0.3, 0.4) is 0 Å². The first-order chi connectivity index (χ1) is 12.3. The van der Waals surface area contributed by atoms with Crippen molar-refractivity contribution in [1.82, 2.24) is 25.2 Å². The fraction of sp³-hybridized carbons (Fsp3) is 0.400. The van der Waals surface area contributed by atoms with Crippen LogP contribution in [0.4, 0.5) is 0 Å². The van der Waals surface area contributed by atoms with Crippen LogP contribution in [0.25, 0.3) is 0 Å². The quantitative estimate of drug-likeness (QED) is 0.445. The lowest BCUT2D eigenvalue weighted by Crippen LogP contribution is -2.29. The highest BCUT2D eigenvalue weighted by atomic mass is 32.2. The summed E-state index contributed by atoms with van der Waals surface area (Å²) in [6.07, 6.45) is 0. The van der Waals surface area contributed by atoms with Crippen molar-refractivity contribution in [3.8, 4) is 0 Å². The number of carbonyl (C=O) groups excluding carboxylic acids is 1. The molecule has 4 N–H and O–H groups in total. The van der Waals surface area contributed by atoms with Crippen LogP contribution in [-0.2, 0) is 14.8 Å². The van der Waals surface area contributed by atoms with Crippen molar-refractivity contribution in [3.63, 3.8) is 0 Å². The molecule has 0 unspecified atom stereocenters. The fourth-order valence-electron chi connectivity index (χ4n) is 2.13. The number of H-pyrrole nitrogens is 2. The van der Waals surface area contributed by atoms with Crippen molar-refractivity contribution in [1.29, 1.82) is 0 Å². The van der Waals surface area contributed by atoms with Gasteiger partial charge < -0.3 is 10.1 Å². The van der Waals surface area contributed by atoms with Gasteiger partial charge in [0, 0.05) is 18.7 Å². The summed E-state index contributed by atoms with van der Waals surface area (Å²) in [7, 11) is -3.91. The predicted octanol–water partition coefficient (Wildman–Crippen LogP) is -0.0962. The number of rotatable bonds is 9. The molecule has 0 aliphatic heterocycles. The maximum absolute atomic E-state index is 12.5. The largest absolute Gasteiger partial charge is 0.380 e. The molecule has 11 heteroatoms. The highest BCUT2D eigenvalue weighted by Gasteiger charge is 2.21. The van der Waals surface area contributed by atoms with Crippen molar-refractivity contribution in [2.75, 3.05) is 19.8 Å². The van der Waals surface area contributed by atoms with Crippen LogP contribution in [0, 0.1) is 0 Å². The molecule has 0 saturated carbocycles. The third-order valence-electron chi connectivity index (χ3n) is 3.40. The number of hydrogen-bond acceptors (Lipinski definition) is 6. The van der Waals surface area contributed by atoms with Gasteiger partial charge in [0.1, 0.15) is 5.82 Å². The summed E-state index contributed by atoms with van der Waals surface area (Å²) < 4.78 is 32.5. The second-order valence-electron chi connectivity index (χ2n) is 5.39. The predicted molar refractivity (Wildman–Crippen MR) is 93.2 cm³/mol. The van der Waals surface area contributed by atoms with Crippen LogP contribution in [-0.4, -0.2) is 49.3 Å². The lowest BCUT2D eigenvalue weighted by Gasteiger charge is -2.12. The maximum atomic E-state index is 12.5. The van der Waals surface area contributed by atoms with Crippen molar-refractivity contribution < 1.29 is 17.9 Å². The van der Waals surface area contributed by atoms with Crippen LogP contribution < -0.4 is 15.7 Å². The van der Waals surface area contributed by atoms with E-state index in [4.69, 9.17) is 4.74 Å². The molecule has 2 aromatic rings. The number of amides is 1. The molecule has 0 bridgehead atoms. The van der Waals surface area contributed by atoms with Gasteiger partial charge in [0.05, 0.1) is 17.5 Å². The highest BCUT2D eigenvalue weighted by molar-refractivity contribution is 7.89. The van der Waals surface area contributed by atoms with E-state index in [1.807, 2.05) is 6.92 Å². The molecule has 0 aliphatic carbocycles. The smallest absolute Gasteiger partial charge is 0.340 e. The number of aromatic amines is 2. The third kappa shape index (κ3) is 5.25. The van der Waals surface area contributed by atoms with Crippen molar-refractivity contribution in [2.24, 2.45) is 0 Å². The van der Waals surface area contributed by atoms with Crippen LogP contribution in [0.5, 0.6) is 0 Å². The monoisotopic (exact) mass is 383 g/mol. The zero-order valence-corrected chi connectivity index (χ0v) is 15.2. The summed E-state index contributed by atoms with van der Waals surface area (Å²) in [6.45, 7) is 4.64. The van der Waals surface area contributed by atoms with Gasteiger partial charge in [-0.1, -0.05) is 6.07 Å². The van der Waals surface area contributed by atoms with Crippen molar-refractivity contribution in [3.05, 3.63) is 46.1 Å². The standard InChI is InChI=1S/C15H21N5O5S/c1-3-25-8-7-16-14(21)11-5-4-6-12(9-11)26(23,24)20-10(2)13-17-15(22)19-18-13/h4-6,9-10,20H,3,7-8H2,1-2H3,(H,16,21)(H2,17,18,19,22)/t10-/m1/s1. The van der Waals surface area contributed by atoms with Gasteiger partial charge in [-0.3, -0.25) is 9.78 Å². The normalized spacial score (nSPS) is 12.7. The summed E-state index contributed by atoms with van der Waals surface area (Å²) in [5.41, 5.74) is -0.318. The molecule has 1 heterocycles. The summed E-state index contributed by atoms with van der Waals surface area (Å²) in [4.78, 5) is 25.5. The summed E-state index contributed by atoms with van der Waals surface area (Å²) in [5.74, 6) is -0.241. The highest BCUT2D eigenvalue weighted by Crippen LogP contribution is 2.15. The van der Waals surface area contributed by atoms with E-state index in [-0.39, 0.29) is 16.3 Å². The van der Waals surface area contributed by atoms with E-state index in [0.29, 0.717) is 19.8 Å². The average Bonchev–Trinajstić information content (AvgIpc) is 3.05. The van der Waals surface area contributed by atoms with E-state index < -0.39 is 27.7 Å². The molecule has 0 spiro atoms. The first-order valence-electron chi connectivity index (χ1n) is 7.96. The lowest BCUT2D eigenvalue weighted by atomic mass is 10.2. The Morgan fingerprint density at radius 3 is 2.81 bits per heavy atom. The molecule has 0 fully saturated rings. The first-order valence-corrected chi connectivity index (χ1v) is 9.44. The van der Waals surface area contributed by atoms with E-state index in [1.165, 1.54) is 31.2 Å². The van der Waals surface area contributed by atoms with Crippen LogP contribution >= 0.6 is 0 Å². The number of hydrogen-bond donors (Lipinski definition) is 4. The molecule has 2 rings (SSSR count). The number of nitrogens with one attached hydrogen (secondary N) is 4. The van der Waals surface area contributed by atoms with Crippen LogP contribution in [0.1, 0.15) is 36.1 Å². The van der Waals surface area contributed by atoms with Gasteiger partial charge in [0.2, 0.25) is 10.0 Å². The van der Waals surface area contributed by atoms with Crippen molar-refractivity contribution >= 4 is 15.9 Å². The Bertz CT molecular complexity index is 905. The minimum absolute atomic E-state index is 0.0697. The SMILES string of the molecule is CCOCCNC(=O)c1cccc(S(=O)(=O)N[C@H](C)c2n[nH]c(=O)[nH]2)c1. The number of nitrogens with zero attached hydrogens (tertiary/aromatic N) is 1. The molecule has 142 valence electrons. The zero-order chi connectivity index (χ0) is 19.2. The minimum atomic E-state index is -3.91. The summed E-state index contributed by atoms with van der Waals surface area (Å²) in [6, 6.07) is 4.89. The van der Waals surface area contributed by atoms with Crippen molar-refractivity contribution in [2.45, 2.75) is 24.8 Å². The molecule has 0 radical (unpaired) electrons. The molecule has 0 aliphatic rings. The van der Waals surface area contributed by atoms with E-state index >= 15 is 0 Å². The molecule has 1 amide bonds. The Hall–Kier alpha value is -2.50.